The van der Waals surface area contributed by atoms with Crippen LogP contribution in [0.15, 0.2) is 41.3 Å². The molecule has 2 aliphatic heterocycles. The summed E-state index contributed by atoms with van der Waals surface area (Å²) in [7, 11) is -3.85. The van der Waals surface area contributed by atoms with Crippen LogP contribution in [0, 0.1) is 11.8 Å². The Morgan fingerprint density at radius 1 is 1.02 bits per heavy atom. The third-order valence-electron chi connectivity index (χ3n) is 8.79. The first-order chi connectivity index (χ1) is 21.8. The van der Waals surface area contributed by atoms with Gasteiger partial charge in [0, 0.05) is 68.3 Å². The third kappa shape index (κ3) is 7.25. The molecule has 46 heavy (non-hydrogen) atoms. The molecule has 17 heteroatoms. The van der Waals surface area contributed by atoms with Crippen molar-refractivity contribution in [3.63, 3.8) is 0 Å². The van der Waals surface area contributed by atoms with Crippen LogP contribution in [0.3, 0.4) is 0 Å². The average molecular weight is 683 g/mol. The number of nitrogens with zero attached hydrogens (tertiary/aromatic N) is 4. The van der Waals surface area contributed by atoms with Gasteiger partial charge in [0.1, 0.15) is 11.0 Å². The molecule has 2 aromatic rings. The summed E-state index contributed by atoms with van der Waals surface area (Å²) in [6, 6.07) is 8.26. The molecule has 0 radical (unpaired) electrons. The molecule has 3 fully saturated rings. The Morgan fingerprint density at radius 3 is 2.26 bits per heavy atom. The van der Waals surface area contributed by atoms with Crippen LogP contribution in [0.25, 0.3) is 0 Å². The minimum Gasteiger partial charge on any atom is -0.354 e. The summed E-state index contributed by atoms with van der Waals surface area (Å²) in [5.41, 5.74) is 15.8. The highest BCUT2D eigenvalue weighted by molar-refractivity contribution is 7.89. The number of nitrogens with two attached hydrogens (primary N) is 2. The normalized spacial score (nSPS) is 23.0. The Bertz CT molecular complexity index is 1570. The zero-order valence-corrected chi connectivity index (χ0v) is 26.6. The lowest BCUT2D eigenvalue weighted by atomic mass is 9.77. The van der Waals surface area contributed by atoms with Gasteiger partial charge in [-0.1, -0.05) is 11.6 Å². The fourth-order valence-corrected chi connectivity index (χ4v) is 7.79. The molecule has 1 atom stereocenters. The topological polar surface area (TPSA) is 184 Å². The lowest BCUT2D eigenvalue weighted by Crippen LogP contribution is -2.49. The third-order valence-corrected chi connectivity index (χ3v) is 10.9. The van der Waals surface area contributed by atoms with E-state index in [2.05, 4.69) is 15.8 Å². The number of hydrogen-bond donors (Lipinski definition) is 4. The van der Waals surface area contributed by atoms with E-state index in [4.69, 9.17) is 23.1 Å². The molecule has 1 aromatic heterocycles. The first kappa shape index (κ1) is 33.9. The van der Waals surface area contributed by atoms with Crippen LogP contribution in [0.5, 0.6) is 0 Å². The van der Waals surface area contributed by atoms with Crippen molar-refractivity contribution in [2.75, 3.05) is 49.1 Å². The van der Waals surface area contributed by atoms with Gasteiger partial charge in [-0.15, -0.1) is 0 Å². The molecule has 13 nitrogen and oxygen atoms in total. The maximum atomic E-state index is 15.8. The van der Waals surface area contributed by atoms with Crippen LogP contribution in [0.1, 0.15) is 37.7 Å². The molecule has 3 amide bonds. The van der Waals surface area contributed by atoms with Gasteiger partial charge in [0.05, 0.1) is 11.4 Å². The van der Waals surface area contributed by atoms with Gasteiger partial charge in [-0.25, -0.2) is 22.2 Å². The molecule has 2 saturated heterocycles. The smallest absolute Gasteiger partial charge is 0.276 e. The second-order valence-corrected chi connectivity index (χ2v) is 14.1. The maximum Gasteiger partial charge on any atom is 0.276 e. The summed E-state index contributed by atoms with van der Waals surface area (Å²) in [4.78, 5) is 43.3. The Hall–Kier alpha value is -3.44. The largest absolute Gasteiger partial charge is 0.354 e. The van der Waals surface area contributed by atoms with E-state index >= 15 is 8.78 Å². The van der Waals surface area contributed by atoms with Crippen molar-refractivity contribution in [1.82, 2.24) is 20.1 Å². The SMILES string of the molecule is NCC(=O)NNC(=O)C1CCC(C(F)(F)c2cc(Cl)nc(N3CCN(S(=O)(=O)c4ccc(N5C[C@H](N)CC5=O)cc4)CC3)c2)CC1. The highest BCUT2D eigenvalue weighted by Gasteiger charge is 2.44. The summed E-state index contributed by atoms with van der Waals surface area (Å²) >= 11 is 6.20. The van der Waals surface area contributed by atoms with Gasteiger partial charge in [-0.3, -0.25) is 25.2 Å². The summed E-state index contributed by atoms with van der Waals surface area (Å²) in [5.74, 6) is -5.69. The number of benzene rings is 1. The lowest BCUT2D eigenvalue weighted by Gasteiger charge is -2.36. The Labute approximate surface area is 270 Å². The molecule has 5 rings (SSSR count). The Kier molecular flexibility index (Phi) is 10.1. The van der Waals surface area contributed by atoms with Crippen molar-refractivity contribution in [3.05, 3.63) is 47.1 Å². The van der Waals surface area contributed by atoms with E-state index in [1.54, 1.807) is 17.0 Å². The highest BCUT2D eigenvalue weighted by Crippen LogP contribution is 2.46. The highest BCUT2D eigenvalue weighted by atomic mass is 35.5. The van der Waals surface area contributed by atoms with Gasteiger partial charge in [-0.05, 0) is 62.1 Å². The maximum absolute atomic E-state index is 15.8. The van der Waals surface area contributed by atoms with E-state index in [-0.39, 0.29) is 98.2 Å². The molecule has 0 bridgehead atoms. The quantitative estimate of drug-likeness (QED) is 0.236. The van der Waals surface area contributed by atoms with Crippen LogP contribution in [-0.2, 0) is 30.3 Å². The number of pyridine rings is 1. The number of hydrogen-bond acceptors (Lipinski definition) is 9. The number of carbonyl (C=O) groups is 3. The molecule has 250 valence electrons. The number of alkyl halides is 2. The standard InChI is InChI=1S/C29H37ClF2N8O5S/c30-24-13-20(29(31,32)19-3-1-18(2-4-19)28(43)37-36-26(41)16-33)14-25(35-24)38-9-11-39(12-10-38)46(44,45)23-7-5-22(6-8-23)40-17-21(34)15-27(40)42/h5-8,13-14,18-19,21H,1-4,9-12,15-17,33-34H2,(H,36,41)(H,37,43)/t18?,19?,21-/m1/s1. The molecule has 1 saturated carbocycles. The zero-order chi connectivity index (χ0) is 33.2. The monoisotopic (exact) mass is 682 g/mol. The van der Waals surface area contributed by atoms with E-state index in [0.717, 1.165) is 6.07 Å². The summed E-state index contributed by atoms with van der Waals surface area (Å²) in [6.07, 6.45) is 0.861. The number of rotatable bonds is 8. The lowest BCUT2D eigenvalue weighted by molar-refractivity contribution is -0.133. The molecular formula is C29H37ClF2N8O5S. The van der Waals surface area contributed by atoms with Crippen molar-refractivity contribution in [2.45, 2.75) is 49.0 Å². The number of halogens is 3. The van der Waals surface area contributed by atoms with Crippen LogP contribution >= 0.6 is 11.6 Å². The average Bonchev–Trinajstić information content (AvgIpc) is 3.40. The van der Waals surface area contributed by atoms with Gasteiger partial charge < -0.3 is 21.3 Å². The van der Waals surface area contributed by atoms with Gasteiger partial charge in [0.2, 0.25) is 21.8 Å². The van der Waals surface area contributed by atoms with E-state index in [1.165, 1.54) is 27.4 Å². The van der Waals surface area contributed by atoms with E-state index < -0.39 is 39.6 Å². The number of nitrogens with one attached hydrogen (secondary N) is 2. The Morgan fingerprint density at radius 2 is 1.67 bits per heavy atom. The molecule has 1 aliphatic carbocycles. The number of anilines is 2. The van der Waals surface area contributed by atoms with Crippen molar-refractivity contribution in [3.8, 4) is 0 Å². The number of sulfonamides is 1. The van der Waals surface area contributed by atoms with Gasteiger partial charge in [0.25, 0.3) is 11.8 Å². The number of piperazine rings is 1. The van der Waals surface area contributed by atoms with Crippen molar-refractivity contribution in [1.29, 1.82) is 0 Å². The molecule has 1 aromatic carbocycles. The minimum absolute atomic E-state index is 0.0796. The van der Waals surface area contributed by atoms with E-state index in [0.29, 0.717) is 12.2 Å². The van der Waals surface area contributed by atoms with E-state index in [9.17, 15) is 22.8 Å². The predicted octanol–water partition coefficient (Wildman–Crippen LogP) is 1.31. The fraction of sp³-hybridized carbons (Fsp3) is 0.517. The molecule has 3 aliphatic rings. The van der Waals surface area contributed by atoms with Crippen molar-refractivity contribution in [2.24, 2.45) is 23.3 Å². The molecule has 0 unspecified atom stereocenters. The number of amides is 3. The van der Waals surface area contributed by atoms with Crippen LogP contribution in [0.4, 0.5) is 20.3 Å². The minimum atomic E-state index is -3.85. The zero-order valence-electron chi connectivity index (χ0n) is 25.0. The van der Waals surface area contributed by atoms with Crippen molar-refractivity contribution < 1.29 is 31.6 Å². The summed E-state index contributed by atoms with van der Waals surface area (Å²) in [5, 5.41) is -0.108. The van der Waals surface area contributed by atoms with Gasteiger partial charge >= 0.3 is 0 Å². The second-order valence-electron chi connectivity index (χ2n) is 11.8. The summed E-state index contributed by atoms with van der Waals surface area (Å²) < 4.78 is 59.6. The molecule has 6 N–H and O–H groups in total. The fourth-order valence-electron chi connectivity index (χ4n) is 6.17. The van der Waals surface area contributed by atoms with E-state index in [1.807, 2.05) is 0 Å². The number of hydrazine groups is 1. The van der Waals surface area contributed by atoms with Gasteiger partial charge in [0.15, 0.2) is 0 Å². The first-order valence-electron chi connectivity index (χ1n) is 15.1. The van der Waals surface area contributed by atoms with Crippen molar-refractivity contribution >= 4 is 50.9 Å². The first-order valence-corrected chi connectivity index (χ1v) is 16.9. The molecular weight excluding hydrogens is 646 g/mol. The predicted molar refractivity (Wildman–Crippen MR) is 166 cm³/mol. The summed E-state index contributed by atoms with van der Waals surface area (Å²) in [6.45, 7) is 0.686. The Balaban J connectivity index is 1.20. The number of carbonyl (C=O) groups excluding carboxylic acids is 3. The molecule has 0 spiro atoms. The number of aromatic nitrogens is 1. The second kappa shape index (κ2) is 13.7. The van der Waals surface area contributed by atoms with Gasteiger partial charge in [-0.2, -0.15) is 4.31 Å². The van der Waals surface area contributed by atoms with Crippen LogP contribution in [-0.4, -0.2) is 80.7 Å². The van der Waals surface area contributed by atoms with Crippen LogP contribution < -0.4 is 32.1 Å². The van der Waals surface area contributed by atoms with Crippen LogP contribution in [0.2, 0.25) is 5.15 Å². The molecule has 3 heterocycles.